The zero-order valence-corrected chi connectivity index (χ0v) is 8.45. The summed E-state index contributed by atoms with van der Waals surface area (Å²) in [4.78, 5) is 0. The van der Waals surface area contributed by atoms with Gasteiger partial charge < -0.3 is 0 Å². The minimum Gasteiger partial charge on any atom is -0.198 e. The van der Waals surface area contributed by atoms with Crippen molar-refractivity contribution in [2.75, 3.05) is 0 Å². The van der Waals surface area contributed by atoms with E-state index in [-0.39, 0.29) is 12.3 Å². The Morgan fingerprint density at radius 2 is 2.15 bits per heavy atom. The molecule has 64 valence electrons. The number of hydrogen-bond acceptors (Lipinski definition) is 2. The Morgan fingerprint density at radius 1 is 1.38 bits per heavy atom. The largest absolute Gasteiger partial charge is 0.198 e. The number of rotatable bonds is 2. The molecule has 1 aromatic carbocycles. The fourth-order valence-electron chi connectivity index (χ4n) is 1.05. The van der Waals surface area contributed by atoms with Gasteiger partial charge in [-0.25, -0.2) is 0 Å². The third-order valence-corrected chi connectivity index (χ3v) is 2.20. The lowest BCUT2D eigenvalue weighted by Gasteiger charge is -2.04. The van der Waals surface area contributed by atoms with E-state index in [4.69, 9.17) is 10.5 Å². The van der Waals surface area contributed by atoms with Gasteiger partial charge in [0.1, 0.15) is 0 Å². The molecule has 0 aliphatic rings. The molecular formula is C10H7BrN2. The summed E-state index contributed by atoms with van der Waals surface area (Å²) in [5, 5.41) is 17.3. The van der Waals surface area contributed by atoms with Crippen molar-refractivity contribution in [2.45, 2.75) is 12.3 Å². The second kappa shape index (κ2) is 4.64. The zero-order valence-electron chi connectivity index (χ0n) is 6.87. The third kappa shape index (κ3) is 2.57. The van der Waals surface area contributed by atoms with E-state index in [0.29, 0.717) is 0 Å². The van der Waals surface area contributed by atoms with Crippen molar-refractivity contribution in [3.63, 3.8) is 0 Å². The summed E-state index contributed by atoms with van der Waals surface area (Å²) < 4.78 is 0.934. The topological polar surface area (TPSA) is 47.6 Å². The number of halogens is 1. The molecule has 1 atom stereocenters. The molecule has 0 N–H and O–H groups in total. The van der Waals surface area contributed by atoms with E-state index < -0.39 is 0 Å². The predicted octanol–water partition coefficient (Wildman–Crippen LogP) is 2.97. The van der Waals surface area contributed by atoms with Crippen molar-refractivity contribution < 1.29 is 0 Å². The van der Waals surface area contributed by atoms with Crippen molar-refractivity contribution in [3.8, 4) is 12.1 Å². The fourth-order valence-corrected chi connectivity index (χ4v) is 1.47. The van der Waals surface area contributed by atoms with Crippen LogP contribution in [0.15, 0.2) is 28.7 Å². The molecule has 0 aliphatic heterocycles. The minimum atomic E-state index is -0.317. The summed E-state index contributed by atoms with van der Waals surface area (Å²) in [6, 6.07) is 11.6. The lowest BCUT2D eigenvalue weighted by Crippen LogP contribution is -1.93. The first-order valence-corrected chi connectivity index (χ1v) is 4.59. The maximum absolute atomic E-state index is 8.79. The van der Waals surface area contributed by atoms with Gasteiger partial charge in [-0.15, -0.1) is 0 Å². The molecule has 2 nitrogen and oxygen atoms in total. The van der Waals surface area contributed by atoms with Crippen molar-refractivity contribution in [2.24, 2.45) is 0 Å². The maximum Gasteiger partial charge on any atom is 0.0842 e. The van der Waals surface area contributed by atoms with Crippen LogP contribution in [0, 0.1) is 22.7 Å². The molecule has 0 aromatic heterocycles. The first kappa shape index (κ1) is 9.77. The van der Waals surface area contributed by atoms with E-state index in [1.165, 1.54) is 0 Å². The number of benzene rings is 1. The normalized spacial score (nSPS) is 11.3. The lowest BCUT2D eigenvalue weighted by molar-refractivity contribution is 0.886. The number of nitriles is 2. The van der Waals surface area contributed by atoms with Crippen LogP contribution in [0.1, 0.15) is 17.9 Å². The predicted molar refractivity (Wildman–Crippen MR) is 52.7 cm³/mol. The van der Waals surface area contributed by atoms with Gasteiger partial charge >= 0.3 is 0 Å². The summed E-state index contributed by atoms with van der Waals surface area (Å²) in [5.41, 5.74) is 0.887. The second-order valence-electron chi connectivity index (χ2n) is 2.60. The molecule has 0 heterocycles. The molecule has 0 fully saturated rings. The molecule has 0 spiro atoms. The molecular weight excluding hydrogens is 228 g/mol. The minimum absolute atomic E-state index is 0.243. The molecule has 1 aromatic rings. The Morgan fingerprint density at radius 3 is 2.69 bits per heavy atom. The van der Waals surface area contributed by atoms with Crippen LogP contribution in [-0.4, -0.2) is 0 Å². The average Bonchev–Trinajstić information content (AvgIpc) is 2.14. The summed E-state index contributed by atoms with van der Waals surface area (Å²) in [6.45, 7) is 0. The van der Waals surface area contributed by atoms with Crippen molar-refractivity contribution >= 4 is 15.9 Å². The first-order valence-electron chi connectivity index (χ1n) is 3.80. The van der Waals surface area contributed by atoms with Gasteiger partial charge in [0.25, 0.3) is 0 Å². The van der Waals surface area contributed by atoms with Gasteiger partial charge in [-0.1, -0.05) is 28.1 Å². The molecule has 0 bridgehead atoms. The number of hydrogen-bond donors (Lipinski definition) is 0. The lowest BCUT2D eigenvalue weighted by atomic mass is 9.98. The molecule has 0 amide bonds. The molecule has 0 saturated carbocycles. The van der Waals surface area contributed by atoms with E-state index in [2.05, 4.69) is 22.0 Å². The average molecular weight is 235 g/mol. The highest BCUT2D eigenvalue weighted by Crippen LogP contribution is 2.21. The van der Waals surface area contributed by atoms with E-state index in [1.807, 2.05) is 30.3 Å². The van der Waals surface area contributed by atoms with E-state index in [1.54, 1.807) is 0 Å². The second-order valence-corrected chi connectivity index (χ2v) is 3.51. The SMILES string of the molecule is N#CC[C@@H](C#N)c1cccc(Br)c1. The van der Waals surface area contributed by atoms with E-state index >= 15 is 0 Å². The van der Waals surface area contributed by atoms with Gasteiger partial charge in [0, 0.05) is 4.47 Å². The van der Waals surface area contributed by atoms with Crippen LogP contribution >= 0.6 is 15.9 Å². The monoisotopic (exact) mass is 234 g/mol. The highest BCUT2D eigenvalue weighted by molar-refractivity contribution is 9.10. The van der Waals surface area contributed by atoms with Crippen molar-refractivity contribution in [1.29, 1.82) is 10.5 Å². The quantitative estimate of drug-likeness (QED) is 0.790. The molecule has 0 aliphatic carbocycles. The van der Waals surface area contributed by atoms with Crippen LogP contribution in [-0.2, 0) is 0 Å². The summed E-state index contributed by atoms with van der Waals surface area (Å²) >= 11 is 3.32. The van der Waals surface area contributed by atoms with Crippen LogP contribution in [0.25, 0.3) is 0 Å². The Bertz CT molecular complexity index is 373. The first-order chi connectivity index (χ1) is 6.27. The Labute approximate surface area is 85.5 Å². The van der Waals surface area contributed by atoms with E-state index in [9.17, 15) is 0 Å². The molecule has 0 unspecified atom stereocenters. The van der Waals surface area contributed by atoms with Crippen LogP contribution < -0.4 is 0 Å². The van der Waals surface area contributed by atoms with Gasteiger partial charge in [-0.3, -0.25) is 0 Å². The molecule has 1 rings (SSSR count). The van der Waals surface area contributed by atoms with Crippen molar-refractivity contribution in [1.82, 2.24) is 0 Å². The highest BCUT2D eigenvalue weighted by Gasteiger charge is 2.09. The van der Waals surface area contributed by atoms with Crippen LogP contribution in [0.4, 0.5) is 0 Å². The molecule has 0 radical (unpaired) electrons. The summed E-state index contributed by atoms with van der Waals surface area (Å²) in [7, 11) is 0. The Kier molecular flexibility index (Phi) is 3.49. The standard InChI is InChI=1S/C10H7BrN2/c11-10-3-1-2-8(6-10)9(7-13)4-5-12/h1-3,6,9H,4H2/t9-/m0/s1. The van der Waals surface area contributed by atoms with Gasteiger partial charge in [0.05, 0.1) is 24.5 Å². The zero-order chi connectivity index (χ0) is 9.68. The van der Waals surface area contributed by atoms with Gasteiger partial charge in [-0.05, 0) is 17.7 Å². The third-order valence-electron chi connectivity index (χ3n) is 1.70. The van der Waals surface area contributed by atoms with Crippen LogP contribution in [0.2, 0.25) is 0 Å². The van der Waals surface area contributed by atoms with Crippen LogP contribution in [0.3, 0.4) is 0 Å². The Hall–Kier alpha value is -1.32. The maximum atomic E-state index is 8.79. The molecule has 3 heteroatoms. The van der Waals surface area contributed by atoms with Gasteiger partial charge in [0.2, 0.25) is 0 Å². The fraction of sp³-hybridized carbons (Fsp3) is 0.200. The summed E-state index contributed by atoms with van der Waals surface area (Å²) in [6.07, 6.45) is 0.243. The van der Waals surface area contributed by atoms with Crippen molar-refractivity contribution in [3.05, 3.63) is 34.3 Å². The van der Waals surface area contributed by atoms with E-state index in [0.717, 1.165) is 10.0 Å². The Balaban J connectivity index is 2.94. The molecule has 13 heavy (non-hydrogen) atoms. The number of nitrogens with zero attached hydrogens (tertiary/aromatic N) is 2. The molecule has 0 saturated heterocycles. The summed E-state index contributed by atoms with van der Waals surface area (Å²) in [5.74, 6) is -0.317. The highest BCUT2D eigenvalue weighted by atomic mass is 79.9. The van der Waals surface area contributed by atoms with Gasteiger partial charge in [0.15, 0.2) is 0 Å². The van der Waals surface area contributed by atoms with Crippen LogP contribution in [0.5, 0.6) is 0 Å². The smallest absolute Gasteiger partial charge is 0.0842 e. The van der Waals surface area contributed by atoms with Gasteiger partial charge in [-0.2, -0.15) is 10.5 Å².